The van der Waals surface area contributed by atoms with Crippen molar-refractivity contribution in [1.82, 2.24) is 4.98 Å². The second kappa shape index (κ2) is 9.05. The van der Waals surface area contributed by atoms with Crippen molar-refractivity contribution < 1.29 is 14.3 Å². The minimum Gasteiger partial charge on any atom is -0.451 e. The lowest BCUT2D eigenvalue weighted by atomic mass is 10.1. The van der Waals surface area contributed by atoms with Crippen molar-refractivity contribution in [3.05, 3.63) is 75.6 Å². The van der Waals surface area contributed by atoms with Gasteiger partial charge in [-0.3, -0.25) is 9.59 Å². The second-order valence-electron chi connectivity index (χ2n) is 6.97. The van der Waals surface area contributed by atoms with Gasteiger partial charge in [0, 0.05) is 29.2 Å². The predicted molar refractivity (Wildman–Crippen MR) is 113 cm³/mol. The molecular formula is C23H21N3O4. The number of esters is 1. The Labute approximate surface area is 173 Å². The number of aromatic amines is 1. The van der Waals surface area contributed by atoms with Gasteiger partial charge < -0.3 is 14.6 Å². The molecule has 1 N–H and O–H groups in total. The molecule has 0 aliphatic rings. The number of nitrogens with one attached hydrogen (secondary N) is 1. The number of ether oxygens (including phenoxy) is 1. The van der Waals surface area contributed by atoms with E-state index in [0.717, 1.165) is 17.2 Å². The molecule has 3 rings (SSSR count). The highest BCUT2D eigenvalue weighted by Crippen LogP contribution is 2.19. The Bertz CT molecular complexity index is 1190. The number of fused-ring (bicyclic) bond motifs is 1. The quantitative estimate of drug-likeness (QED) is 0.637. The van der Waals surface area contributed by atoms with E-state index in [4.69, 9.17) is 10.00 Å². The van der Waals surface area contributed by atoms with E-state index in [1.165, 1.54) is 4.90 Å². The van der Waals surface area contributed by atoms with Crippen LogP contribution >= 0.6 is 0 Å². The van der Waals surface area contributed by atoms with Gasteiger partial charge in [-0.2, -0.15) is 5.26 Å². The summed E-state index contributed by atoms with van der Waals surface area (Å²) in [6.07, 6.45) is 0.144. The van der Waals surface area contributed by atoms with Gasteiger partial charge in [0.2, 0.25) is 0 Å². The first-order valence-electron chi connectivity index (χ1n) is 9.44. The number of amides is 1. The number of benzene rings is 2. The molecular weight excluding hydrogens is 382 g/mol. The molecule has 0 spiro atoms. The van der Waals surface area contributed by atoms with Gasteiger partial charge in [0.1, 0.15) is 5.69 Å². The molecule has 1 heterocycles. The standard InChI is InChI=1S/C23H21N3O4/c1-15-10-16(2)12-17(11-15)26(9-5-8-24)22(28)14-30-23(29)20-13-21(27)18-6-3-4-7-19(18)25-20/h3-4,6-7,10-13H,5,9,14H2,1-2H3,(H,25,27). The van der Waals surface area contributed by atoms with Crippen LogP contribution in [-0.2, 0) is 9.53 Å². The van der Waals surface area contributed by atoms with E-state index in [-0.39, 0.29) is 24.1 Å². The van der Waals surface area contributed by atoms with E-state index in [1.807, 2.05) is 38.1 Å². The van der Waals surface area contributed by atoms with Gasteiger partial charge in [-0.05, 0) is 49.2 Å². The smallest absolute Gasteiger partial charge is 0.355 e. The number of rotatable bonds is 6. The van der Waals surface area contributed by atoms with Gasteiger partial charge in [-0.25, -0.2) is 4.79 Å². The number of hydrogen-bond acceptors (Lipinski definition) is 5. The van der Waals surface area contributed by atoms with Crippen molar-refractivity contribution in [1.29, 1.82) is 5.26 Å². The van der Waals surface area contributed by atoms with Gasteiger partial charge in [0.05, 0.1) is 12.5 Å². The highest BCUT2D eigenvalue weighted by Gasteiger charge is 2.19. The number of H-pyrrole nitrogens is 1. The van der Waals surface area contributed by atoms with E-state index < -0.39 is 18.5 Å². The summed E-state index contributed by atoms with van der Waals surface area (Å²) in [6, 6.07) is 15.7. The van der Waals surface area contributed by atoms with Gasteiger partial charge in [0.15, 0.2) is 12.0 Å². The Morgan fingerprint density at radius 2 is 1.80 bits per heavy atom. The summed E-state index contributed by atoms with van der Waals surface area (Å²) in [5, 5.41) is 9.39. The minimum atomic E-state index is -0.799. The number of hydrogen-bond donors (Lipinski definition) is 1. The summed E-state index contributed by atoms with van der Waals surface area (Å²) in [4.78, 5) is 41.6. The van der Waals surface area contributed by atoms with Crippen LogP contribution < -0.4 is 10.3 Å². The Balaban J connectivity index is 1.77. The molecule has 3 aromatic rings. The van der Waals surface area contributed by atoms with Crippen LogP contribution in [0.25, 0.3) is 10.9 Å². The van der Waals surface area contributed by atoms with E-state index >= 15 is 0 Å². The molecule has 0 saturated heterocycles. The molecule has 0 atom stereocenters. The number of nitrogens with zero attached hydrogens (tertiary/aromatic N) is 2. The summed E-state index contributed by atoms with van der Waals surface area (Å²) in [7, 11) is 0. The SMILES string of the molecule is Cc1cc(C)cc(N(CCC#N)C(=O)COC(=O)c2cc(=O)c3ccccc3[nH]2)c1. The summed E-state index contributed by atoms with van der Waals surface area (Å²) in [5.41, 5.74) is 2.77. The fraction of sp³-hybridized carbons (Fsp3) is 0.217. The lowest BCUT2D eigenvalue weighted by Crippen LogP contribution is -2.35. The first-order chi connectivity index (χ1) is 14.4. The summed E-state index contributed by atoms with van der Waals surface area (Å²) < 4.78 is 5.15. The molecule has 7 heteroatoms. The molecule has 0 aliphatic heterocycles. The first kappa shape index (κ1) is 20.8. The van der Waals surface area contributed by atoms with Crippen molar-refractivity contribution in [3.8, 4) is 6.07 Å². The molecule has 1 amide bonds. The van der Waals surface area contributed by atoms with Crippen molar-refractivity contribution in [2.45, 2.75) is 20.3 Å². The highest BCUT2D eigenvalue weighted by atomic mass is 16.5. The zero-order chi connectivity index (χ0) is 21.7. The number of carbonyl (C=O) groups is 2. The molecule has 0 radical (unpaired) electrons. The zero-order valence-electron chi connectivity index (χ0n) is 16.8. The average molecular weight is 403 g/mol. The third-order valence-electron chi connectivity index (χ3n) is 4.55. The van der Waals surface area contributed by atoms with Crippen molar-refractivity contribution in [3.63, 3.8) is 0 Å². The van der Waals surface area contributed by atoms with Gasteiger partial charge >= 0.3 is 5.97 Å². The van der Waals surface area contributed by atoms with Crippen LogP contribution in [0.3, 0.4) is 0 Å². The number of para-hydroxylation sites is 1. The summed E-state index contributed by atoms with van der Waals surface area (Å²) in [6.45, 7) is 3.51. The number of pyridine rings is 1. The van der Waals surface area contributed by atoms with Crippen molar-refractivity contribution in [2.24, 2.45) is 0 Å². The third-order valence-corrected chi connectivity index (χ3v) is 4.55. The van der Waals surface area contributed by atoms with Crippen LogP contribution in [0.5, 0.6) is 0 Å². The third kappa shape index (κ3) is 4.73. The monoisotopic (exact) mass is 403 g/mol. The largest absolute Gasteiger partial charge is 0.451 e. The van der Waals surface area contributed by atoms with Crippen molar-refractivity contribution >= 4 is 28.5 Å². The maximum Gasteiger partial charge on any atom is 0.355 e. The second-order valence-corrected chi connectivity index (χ2v) is 6.97. The van der Waals surface area contributed by atoms with E-state index in [0.29, 0.717) is 16.6 Å². The molecule has 7 nitrogen and oxygen atoms in total. The van der Waals surface area contributed by atoms with Gasteiger partial charge in [-0.15, -0.1) is 0 Å². The summed E-state index contributed by atoms with van der Waals surface area (Å²) >= 11 is 0. The molecule has 0 bridgehead atoms. The Kier molecular flexibility index (Phi) is 6.28. The van der Waals surface area contributed by atoms with Gasteiger partial charge in [0.25, 0.3) is 5.91 Å². The lowest BCUT2D eigenvalue weighted by molar-refractivity contribution is -0.121. The van der Waals surface area contributed by atoms with E-state index in [9.17, 15) is 14.4 Å². The molecule has 0 aliphatic carbocycles. The Morgan fingerprint density at radius 1 is 1.10 bits per heavy atom. The summed E-state index contributed by atoms with van der Waals surface area (Å²) in [5.74, 6) is -1.25. The highest BCUT2D eigenvalue weighted by molar-refractivity contribution is 5.97. The molecule has 0 unspecified atom stereocenters. The maximum absolute atomic E-state index is 12.8. The number of anilines is 1. The van der Waals surface area contributed by atoms with Crippen LogP contribution in [0.1, 0.15) is 28.0 Å². The number of aryl methyl sites for hydroxylation is 2. The van der Waals surface area contributed by atoms with Crippen molar-refractivity contribution in [2.75, 3.05) is 18.1 Å². The Morgan fingerprint density at radius 3 is 2.50 bits per heavy atom. The number of nitriles is 1. The predicted octanol–water partition coefficient (Wildman–Crippen LogP) is 3.25. The number of carbonyl (C=O) groups excluding carboxylic acids is 2. The van der Waals surface area contributed by atoms with Crippen LogP contribution in [0.2, 0.25) is 0 Å². The molecule has 1 aromatic heterocycles. The van der Waals surface area contributed by atoms with E-state index in [2.05, 4.69) is 4.98 Å². The zero-order valence-corrected chi connectivity index (χ0v) is 16.8. The maximum atomic E-state index is 12.8. The minimum absolute atomic E-state index is 0.0264. The molecule has 2 aromatic carbocycles. The fourth-order valence-corrected chi connectivity index (χ4v) is 3.26. The van der Waals surface area contributed by atoms with Crippen LogP contribution in [-0.4, -0.2) is 30.0 Å². The number of aromatic nitrogens is 1. The van der Waals surface area contributed by atoms with Crippen LogP contribution in [0, 0.1) is 25.2 Å². The fourth-order valence-electron chi connectivity index (χ4n) is 3.26. The average Bonchev–Trinajstić information content (AvgIpc) is 2.71. The first-order valence-corrected chi connectivity index (χ1v) is 9.44. The van der Waals surface area contributed by atoms with Crippen LogP contribution in [0.15, 0.2) is 53.3 Å². The molecule has 0 fully saturated rings. The topological polar surface area (TPSA) is 103 Å². The molecule has 30 heavy (non-hydrogen) atoms. The van der Waals surface area contributed by atoms with Crippen LogP contribution in [0.4, 0.5) is 5.69 Å². The lowest BCUT2D eigenvalue weighted by Gasteiger charge is -2.22. The normalized spacial score (nSPS) is 10.4. The molecule has 0 saturated carbocycles. The van der Waals surface area contributed by atoms with E-state index in [1.54, 1.807) is 24.3 Å². The Hall–Kier alpha value is -3.92. The molecule has 152 valence electrons. The van der Waals surface area contributed by atoms with Gasteiger partial charge in [-0.1, -0.05) is 18.2 Å².